The van der Waals surface area contributed by atoms with Crippen molar-refractivity contribution in [3.8, 4) is 5.75 Å². The summed E-state index contributed by atoms with van der Waals surface area (Å²) in [7, 11) is 1.69. The Bertz CT molecular complexity index is 443. The number of unbranched alkanes of at least 4 members (excludes halogenated alkanes) is 2. The van der Waals surface area contributed by atoms with Gasteiger partial charge in [-0.25, -0.2) is 0 Å². The lowest BCUT2D eigenvalue weighted by atomic mass is 10.1. The fraction of sp³-hybridized carbons (Fsp3) is 0.611. The van der Waals surface area contributed by atoms with Gasteiger partial charge >= 0.3 is 0 Å². The summed E-state index contributed by atoms with van der Waals surface area (Å²) >= 11 is 0. The molecule has 1 amide bonds. The molecule has 1 saturated heterocycles. The van der Waals surface area contributed by atoms with Crippen molar-refractivity contribution in [2.24, 2.45) is 0 Å². The number of rotatable bonds is 7. The van der Waals surface area contributed by atoms with Crippen molar-refractivity contribution < 1.29 is 9.53 Å². The molecule has 0 aliphatic carbocycles. The van der Waals surface area contributed by atoms with Crippen molar-refractivity contribution in [3.05, 3.63) is 29.8 Å². The third kappa shape index (κ3) is 7.23. The molecule has 2 rings (SSSR count). The second kappa shape index (κ2) is 11.3. The molecule has 1 aliphatic heterocycles. The largest absolute Gasteiger partial charge is 0.497 e. The first-order valence-electron chi connectivity index (χ1n) is 8.41. The Labute approximate surface area is 146 Å². The topological polar surface area (TPSA) is 41.6 Å². The molecule has 1 aromatic rings. The zero-order chi connectivity index (χ0) is 15.6. The van der Waals surface area contributed by atoms with Crippen LogP contribution in [0.5, 0.6) is 5.75 Å². The molecule has 130 valence electrons. The molecule has 1 aromatic carbocycles. The molecule has 1 heterocycles. The van der Waals surface area contributed by atoms with Gasteiger partial charge in [0.05, 0.1) is 7.11 Å². The van der Waals surface area contributed by atoms with Gasteiger partial charge in [-0.2, -0.15) is 0 Å². The van der Waals surface area contributed by atoms with E-state index in [0.29, 0.717) is 12.3 Å². The molecule has 0 atom stereocenters. The highest BCUT2D eigenvalue weighted by molar-refractivity contribution is 5.85. The number of nitrogens with one attached hydrogen (secondary N) is 1. The van der Waals surface area contributed by atoms with Gasteiger partial charge in [-0.05, 0) is 49.9 Å². The molecule has 0 bridgehead atoms. The molecular formula is C18H29ClN2O2. The van der Waals surface area contributed by atoms with Crippen LogP contribution in [0.25, 0.3) is 0 Å². The molecule has 0 unspecified atom stereocenters. The lowest BCUT2D eigenvalue weighted by Gasteiger charge is -2.19. The fourth-order valence-electron chi connectivity index (χ4n) is 2.83. The minimum Gasteiger partial charge on any atom is -0.497 e. The number of halogens is 1. The maximum absolute atomic E-state index is 12.1. The number of carbonyl (C=O) groups excluding carboxylic acids is 1. The van der Waals surface area contributed by atoms with Crippen LogP contribution in [0.1, 0.15) is 37.7 Å². The van der Waals surface area contributed by atoms with E-state index in [9.17, 15) is 4.79 Å². The molecule has 1 fully saturated rings. The standard InChI is InChI=1S/C18H28N2O2.ClH/c1-22-17-10-8-16(9-11-17)6-3-2-4-7-18(21)20-14-5-12-19-13-15-20;/h8-11,19H,2-7,12-15H2,1H3;1H. The Balaban J connectivity index is 0.00000264. The van der Waals surface area contributed by atoms with Crippen LogP contribution in [-0.4, -0.2) is 44.1 Å². The van der Waals surface area contributed by atoms with Gasteiger partial charge in [-0.3, -0.25) is 4.79 Å². The van der Waals surface area contributed by atoms with E-state index < -0.39 is 0 Å². The van der Waals surface area contributed by atoms with E-state index in [1.54, 1.807) is 7.11 Å². The predicted octanol–water partition coefficient (Wildman–Crippen LogP) is 3.04. The molecule has 5 heteroatoms. The van der Waals surface area contributed by atoms with Crippen molar-refractivity contribution in [1.29, 1.82) is 0 Å². The first-order valence-corrected chi connectivity index (χ1v) is 8.41. The average Bonchev–Trinajstić information content (AvgIpc) is 2.84. The summed E-state index contributed by atoms with van der Waals surface area (Å²) in [4.78, 5) is 14.2. The third-order valence-corrected chi connectivity index (χ3v) is 4.21. The number of carbonyl (C=O) groups is 1. The first kappa shape index (κ1) is 19.8. The van der Waals surface area contributed by atoms with Gasteiger partial charge < -0.3 is 15.0 Å². The van der Waals surface area contributed by atoms with Gasteiger partial charge in [-0.15, -0.1) is 12.4 Å². The van der Waals surface area contributed by atoms with E-state index in [1.807, 2.05) is 17.0 Å². The Morgan fingerprint density at radius 1 is 1.13 bits per heavy atom. The summed E-state index contributed by atoms with van der Waals surface area (Å²) in [5.74, 6) is 1.23. The summed E-state index contributed by atoms with van der Waals surface area (Å²) < 4.78 is 5.16. The van der Waals surface area contributed by atoms with Gasteiger partial charge in [0, 0.05) is 26.1 Å². The van der Waals surface area contributed by atoms with E-state index in [1.165, 1.54) is 5.56 Å². The van der Waals surface area contributed by atoms with Crippen LogP contribution in [0.15, 0.2) is 24.3 Å². The Morgan fingerprint density at radius 2 is 1.91 bits per heavy atom. The van der Waals surface area contributed by atoms with Crippen LogP contribution < -0.4 is 10.1 Å². The molecule has 0 spiro atoms. The van der Waals surface area contributed by atoms with Crippen LogP contribution in [0, 0.1) is 0 Å². The highest BCUT2D eigenvalue weighted by Crippen LogP contribution is 2.14. The minimum absolute atomic E-state index is 0. The van der Waals surface area contributed by atoms with Crippen LogP contribution in [0.3, 0.4) is 0 Å². The highest BCUT2D eigenvalue weighted by atomic mass is 35.5. The summed E-state index contributed by atoms with van der Waals surface area (Å²) in [5, 5.41) is 3.33. The minimum atomic E-state index is 0. The number of ether oxygens (including phenoxy) is 1. The van der Waals surface area contributed by atoms with E-state index in [2.05, 4.69) is 17.4 Å². The first-order chi connectivity index (χ1) is 10.8. The zero-order valence-corrected chi connectivity index (χ0v) is 14.9. The second-order valence-corrected chi connectivity index (χ2v) is 5.89. The molecule has 23 heavy (non-hydrogen) atoms. The summed E-state index contributed by atoms with van der Waals surface area (Å²) in [6, 6.07) is 8.25. The van der Waals surface area contributed by atoms with Crippen LogP contribution >= 0.6 is 12.4 Å². The molecular weight excluding hydrogens is 312 g/mol. The summed E-state index contributed by atoms with van der Waals surface area (Å²) in [6.45, 7) is 3.75. The molecule has 1 N–H and O–H groups in total. The normalized spacial score (nSPS) is 14.7. The number of benzene rings is 1. The van der Waals surface area contributed by atoms with Crippen LogP contribution in [0.4, 0.5) is 0 Å². The molecule has 0 aromatic heterocycles. The van der Waals surface area contributed by atoms with Crippen molar-refractivity contribution in [2.75, 3.05) is 33.3 Å². The van der Waals surface area contributed by atoms with Crippen molar-refractivity contribution in [3.63, 3.8) is 0 Å². The van der Waals surface area contributed by atoms with E-state index >= 15 is 0 Å². The highest BCUT2D eigenvalue weighted by Gasteiger charge is 2.14. The molecule has 0 saturated carbocycles. The maximum Gasteiger partial charge on any atom is 0.222 e. The number of methoxy groups -OCH3 is 1. The van der Waals surface area contributed by atoms with Crippen molar-refractivity contribution in [1.82, 2.24) is 10.2 Å². The number of hydrogen-bond acceptors (Lipinski definition) is 3. The molecule has 4 nitrogen and oxygen atoms in total. The molecule has 1 aliphatic rings. The van der Waals surface area contributed by atoms with Gasteiger partial charge in [0.2, 0.25) is 5.91 Å². The SMILES string of the molecule is COc1ccc(CCCCCC(=O)N2CCCNCC2)cc1.Cl. The number of nitrogens with zero attached hydrogens (tertiary/aromatic N) is 1. The van der Waals surface area contributed by atoms with E-state index in [0.717, 1.165) is 64.0 Å². The Hall–Kier alpha value is -1.26. The monoisotopic (exact) mass is 340 g/mol. The van der Waals surface area contributed by atoms with Crippen LogP contribution in [-0.2, 0) is 11.2 Å². The molecule has 0 radical (unpaired) electrons. The lowest BCUT2D eigenvalue weighted by Crippen LogP contribution is -2.33. The van der Waals surface area contributed by atoms with Gasteiger partial charge in [0.15, 0.2) is 0 Å². The van der Waals surface area contributed by atoms with E-state index in [4.69, 9.17) is 4.74 Å². The Morgan fingerprint density at radius 3 is 2.65 bits per heavy atom. The summed E-state index contributed by atoms with van der Waals surface area (Å²) in [5.41, 5.74) is 1.34. The number of hydrogen-bond donors (Lipinski definition) is 1. The lowest BCUT2D eigenvalue weighted by molar-refractivity contribution is -0.131. The van der Waals surface area contributed by atoms with Crippen molar-refractivity contribution >= 4 is 18.3 Å². The van der Waals surface area contributed by atoms with Gasteiger partial charge in [0.1, 0.15) is 5.75 Å². The quantitative estimate of drug-likeness (QED) is 0.776. The van der Waals surface area contributed by atoms with Crippen LogP contribution in [0.2, 0.25) is 0 Å². The third-order valence-electron chi connectivity index (χ3n) is 4.21. The zero-order valence-electron chi connectivity index (χ0n) is 14.1. The number of aryl methyl sites for hydroxylation is 1. The van der Waals surface area contributed by atoms with Gasteiger partial charge in [-0.1, -0.05) is 18.6 Å². The smallest absolute Gasteiger partial charge is 0.222 e. The van der Waals surface area contributed by atoms with Crippen molar-refractivity contribution in [2.45, 2.75) is 38.5 Å². The Kier molecular flexibility index (Phi) is 9.72. The number of amides is 1. The summed E-state index contributed by atoms with van der Waals surface area (Å²) in [6.07, 6.45) is 6.10. The average molecular weight is 341 g/mol. The van der Waals surface area contributed by atoms with Gasteiger partial charge in [0.25, 0.3) is 0 Å². The second-order valence-electron chi connectivity index (χ2n) is 5.89. The fourth-order valence-corrected chi connectivity index (χ4v) is 2.83. The van der Waals surface area contributed by atoms with E-state index in [-0.39, 0.29) is 12.4 Å². The predicted molar refractivity (Wildman–Crippen MR) is 96.5 cm³/mol. The maximum atomic E-state index is 12.1.